The molecule has 0 aliphatic carbocycles. The van der Waals surface area contributed by atoms with Crippen LogP contribution >= 0.6 is 11.6 Å². The number of ether oxygens (including phenoxy) is 2. The molecule has 1 aromatic carbocycles. The van der Waals surface area contributed by atoms with Crippen LogP contribution in [0.15, 0.2) is 24.3 Å². The monoisotopic (exact) mass is 291 g/mol. The van der Waals surface area contributed by atoms with Gasteiger partial charge >= 0.3 is 0 Å². The van der Waals surface area contributed by atoms with Gasteiger partial charge in [0.25, 0.3) is 0 Å². The van der Waals surface area contributed by atoms with Crippen LogP contribution in [0.3, 0.4) is 0 Å². The van der Waals surface area contributed by atoms with Crippen LogP contribution in [0.25, 0.3) is 0 Å². The lowest BCUT2D eigenvalue weighted by atomic mass is 10.3. The predicted octanol–water partition coefficient (Wildman–Crippen LogP) is 1.34. The molecule has 0 unspecified atom stereocenters. The van der Waals surface area contributed by atoms with E-state index < -0.39 is 10.0 Å². The van der Waals surface area contributed by atoms with Crippen LogP contribution < -0.4 is 4.74 Å². The van der Waals surface area contributed by atoms with E-state index in [4.69, 9.17) is 21.1 Å². The number of hydrogen-bond donors (Lipinski definition) is 0. The van der Waals surface area contributed by atoms with Crippen molar-refractivity contribution in [3.8, 4) is 5.75 Å². The van der Waals surface area contributed by atoms with Gasteiger partial charge in [-0.15, -0.1) is 0 Å². The molecular formula is C11H14ClNO4S. The Morgan fingerprint density at radius 3 is 2.72 bits per heavy atom. The van der Waals surface area contributed by atoms with Crippen LogP contribution in [0.1, 0.15) is 0 Å². The Kier molecular flexibility index (Phi) is 4.45. The van der Waals surface area contributed by atoms with Crippen LogP contribution in [0.4, 0.5) is 0 Å². The van der Waals surface area contributed by atoms with Crippen LogP contribution in [0.2, 0.25) is 5.02 Å². The number of sulfonamides is 1. The molecule has 0 amide bonds. The van der Waals surface area contributed by atoms with Gasteiger partial charge in [0.15, 0.2) is 5.94 Å². The maximum Gasteiger partial charge on any atom is 0.238 e. The third kappa shape index (κ3) is 3.58. The molecule has 0 saturated carbocycles. The maximum atomic E-state index is 11.6. The van der Waals surface area contributed by atoms with Crippen molar-refractivity contribution in [2.75, 3.05) is 32.2 Å². The minimum atomic E-state index is -3.27. The zero-order valence-electron chi connectivity index (χ0n) is 9.71. The second-order valence-corrected chi connectivity index (χ2v) is 6.19. The Morgan fingerprint density at radius 1 is 1.33 bits per heavy atom. The number of rotatable bonds is 4. The van der Waals surface area contributed by atoms with E-state index in [0.29, 0.717) is 37.1 Å². The lowest BCUT2D eigenvalue weighted by Crippen LogP contribution is -2.43. The molecule has 18 heavy (non-hydrogen) atoms. The molecule has 5 nitrogen and oxygen atoms in total. The lowest BCUT2D eigenvalue weighted by molar-refractivity contribution is 0.126. The molecule has 0 radical (unpaired) electrons. The molecule has 1 aliphatic heterocycles. The Morgan fingerprint density at radius 2 is 2.06 bits per heavy atom. The first-order valence-corrected chi connectivity index (χ1v) is 7.50. The zero-order valence-corrected chi connectivity index (χ0v) is 11.3. The maximum absolute atomic E-state index is 11.6. The molecule has 1 heterocycles. The molecule has 0 N–H and O–H groups in total. The van der Waals surface area contributed by atoms with Gasteiger partial charge in [-0.05, 0) is 24.3 Å². The lowest BCUT2D eigenvalue weighted by Gasteiger charge is -2.26. The van der Waals surface area contributed by atoms with Gasteiger partial charge in [0, 0.05) is 18.1 Å². The van der Waals surface area contributed by atoms with E-state index in [1.165, 1.54) is 4.31 Å². The number of nitrogens with zero attached hydrogens (tertiary/aromatic N) is 1. The fourth-order valence-electron chi connectivity index (χ4n) is 1.59. The van der Waals surface area contributed by atoms with E-state index in [0.717, 1.165) is 0 Å². The Labute approximate surface area is 111 Å². The molecule has 0 atom stereocenters. The third-order valence-electron chi connectivity index (χ3n) is 2.53. The molecular weight excluding hydrogens is 278 g/mol. The Hall–Kier alpha value is -0.820. The number of halogens is 1. The standard InChI is InChI=1S/C11H14ClNO4S/c12-10-1-3-11(4-2-10)17-8-6-13-5-7-16-9-18(13,14)15/h1-4H,5-9H2. The molecule has 100 valence electrons. The summed E-state index contributed by atoms with van der Waals surface area (Å²) in [4.78, 5) is 0. The van der Waals surface area contributed by atoms with E-state index in [9.17, 15) is 8.42 Å². The van der Waals surface area contributed by atoms with Crippen molar-refractivity contribution < 1.29 is 17.9 Å². The van der Waals surface area contributed by atoms with E-state index in [1.54, 1.807) is 24.3 Å². The zero-order chi connectivity index (χ0) is 13.0. The fraction of sp³-hybridized carbons (Fsp3) is 0.455. The van der Waals surface area contributed by atoms with Gasteiger partial charge in [0.1, 0.15) is 12.4 Å². The summed E-state index contributed by atoms with van der Waals surface area (Å²) in [6, 6.07) is 6.94. The van der Waals surface area contributed by atoms with E-state index in [2.05, 4.69) is 0 Å². The average molecular weight is 292 g/mol. The fourth-order valence-corrected chi connectivity index (χ4v) is 2.90. The molecule has 1 fully saturated rings. The largest absolute Gasteiger partial charge is 0.492 e. The van der Waals surface area contributed by atoms with Gasteiger partial charge in [-0.1, -0.05) is 11.6 Å². The first-order valence-electron chi connectivity index (χ1n) is 5.52. The number of hydrogen-bond acceptors (Lipinski definition) is 4. The van der Waals surface area contributed by atoms with Crippen molar-refractivity contribution >= 4 is 21.6 Å². The van der Waals surface area contributed by atoms with Crippen molar-refractivity contribution in [3.63, 3.8) is 0 Å². The van der Waals surface area contributed by atoms with E-state index in [-0.39, 0.29) is 5.94 Å². The Bertz CT molecular complexity index is 488. The second kappa shape index (κ2) is 5.88. The second-order valence-electron chi connectivity index (χ2n) is 3.84. The number of benzene rings is 1. The first kappa shape index (κ1) is 13.6. The van der Waals surface area contributed by atoms with E-state index >= 15 is 0 Å². The highest BCUT2D eigenvalue weighted by Crippen LogP contribution is 2.15. The quantitative estimate of drug-likeness (QED) is 0.840. The van der Waals surface area contributed by atoms with Gasteiger partial charge < -0.3 is 9.47 Å². The Balaban J connectivity index is 1.83. The minimum absolute atomic E-state index is 0.242. The van der Waals surface area contributed by atoms with Gasteiger partial charge in [-0.2, -0.15) is 4.31 Å². The summed E-state index contributed by atoms with van der Waals surface area (Å²) in [7, 11) is -3.27. The SMILES string of the molecule is O=S1(=O)COCCN1CCOc1ccc(Cl)cc1. The molecule has 7 heteroatoms. The van der Waals surface area contributed by atoms with Gasteiger partial charge in [-0.25, -0.2) is 8.42 Å². The first-order chi connectivity index (χ1) is 8.58. The molecule has 0 bridgehead atoms. The van der Waals surface area contributed by atoms with Gasteiger partial charge in [0.2, 0.25) is 10.0 Å². The van der Waals surface area contributed by atoms with Crippen molar-refractivity contribution in [3.05, 3.63) is 29.3 Å². The molecule has 1 aliphatic rings. The summed E-state index contributed by atoms with van der Waals surface area (Å²) in [6.07, 6.45) is 0. The topological polar surface area (TPSA) is 55.8 Å². The smallest absolute Gasteiger partial charge is 0.238 e. The molecule has 2 rings (SSSR count). The highest BCUT2D eigenvalue weighted by Gasteiger charge is 2.25. The molecule has 1 aromatic rings. The molecule has 0 spiro atoms. The third-order valence-corrected chi connectivity index (χ3v) is 4.40. The van der Waals surface area contributed by atoms with Gasteiger partial charge in [0.05, 0.1) is 6.61 Å². The molecule has 0 aromatic heterocycles. The van der Waals surface area contributed by atoms with Crippen LogP contribution in [-0.2, 0) is 14.8 Å². The summed E-state index contributed by atoms with van der Waals surface area (Å²) in [5.74, 6) is 0.429. The molecule has 1 saturated heterocycles. The average Bonchev–Trinajstić information content (AvgIpc) is 2.33. The van der Waals surface area contributed by atoms with E-state index in [1.807, 2.05) is 0 Å². The predicted molar refractivity (Wildman–Crippen MR) is 68.3 cm³/mol. The highest BCUT2D eigenvalue weighted by atomic mass is 35.5. The van der Waals surface area contributed by atoms with Crippen LogP contribution in [0.5, 0.6) is 5.75 Å². The van der Waals surface area contributed by atoms with Crippen molar-refractivity contribution in [2.45, 2.75) is 0 Å². The van der Waals surface area contributed by atoms with Crippen molar-refractivity contribution in [1.82, 2.24) is 4.31 Å². The summed E-state index contributed by atoms with van der Waals surface area (Å²) >= 11 is 5.75. The van der Waals surface area contributed by atoms with Crippen LogP contribution in [-0.4, -0.2) is 45.0 Å². The van der Waals surface area contributed by atoms with Crippen molar-refractivity contribution in [2.24, 2.45) is 0 Å². The summed E-state index contributed by atoms with van der Waals surface area (Å²) in [5.41, 5.74) is 0. The minimum Gasteiger partial charge on any atom is -0.492 e. The highest BCUT2D eigenvalue weighted by molar-refractivity contribution is 7.88. The van der Waals surface area contributed by atoms with Gasteiger partial charge in [-0.3, -0.25) is 0 Å². The van der Waals surface area contributed by atoms with Crippen molar-refractivity contribution in [1.29, 1.82) is 0 Å². The summed E-state index contributed by atoms with van der Waals surface area (Å²) in [6.45, 7) is 1.45. The normalized spacial score (nSPS) is 19.6. The summed E-state index contributed by atoms with van der Waals surface area (Å²) < 4.78 is 34.9. The van der Waals surface area contributed by atoms with Crippen LogP contribution in [0, 0.1) is 0 Å². The summed E-state index contributed by atoms with van der Waals surface area (Å²) in [5, 5.41) is 0.637.